The lowest BCUT2D eigenvalue weighted by molar-refractivity contribution is -0.184. The number of carbonyl (C=O) groups is 1. The number of nitrogens with zero attached hydrogens (tertiary/aromatic N) is 1. The van der Waals surface area contributed by atoms with Crippen LogP contribution >= 0.6 is 0 Å². The molecule has 0 bridgehead atoms. The predicted molar refractivity (Wildman–Crippen MR) is 85.5 cm³/mol. The first-order valence-corrected chi connectivity index (χ1v) is 8.87. The first kappa shape index (κ1) is 16.1. The molecule has 1 N–H and O–H groups in total. The number of aliphatic hydroxyl groups is 1. The molecular formula is C18H31NO3. The van der Waals surface area contributed by atoms with Gasteiger partial charge in [-0.25, -0.2) is 4.79 Å². The van der Waals surface area contributed by atoms with Gasteiger partial charge in [-0.15, -0.1) is 0 Å². The minimum Gasteiger partial charge on any atom is -0.444 e. The first-order chi connectivity index (χ1) is 10.2. The Bertz CT molecular complexity index is 456. The van der Waals surface area contributed by atoms with Gasteiger partial charge in [0.2, 0.25) is 0 Å². The molecule has 1 heterocycles. The SMILES string of the molecule is CC(C)[C@H]1CC(O)[C@@H]2CC3CCC[C@]32N1C(=O)OC(C)(C)C. The van der Waals surface area contributed by atoms with Crippen LogP contribution in [0.25, 0.3) is 0 Å². The van der Waals surface area contributed by atoms with E-state index in [9.17, 15) is 9.90 Å². The van der Waals surface area contributed by atoms with Crippen molar-refractivity contribution in [3.63, 3.8) is 0 Å². The van der Waals surface area contributed by atoms with Crippen molar-refractivity contribution in [1.29, 1.82) is 0 Å². The third kappa shape index (κ3) is 2.26. The quantitative estimate of drug-likeness (QED) is 0.805. The summed E-state index contributed by atoms with van der Waals surface area (Å²) in [5, 5.41) is 10.6. The molecule has 1 saturated heterocycles. The van der Waals surface area contributed by atoms with E-state index in [0.717, 1.165) is 19.3 Å². The summed E-state index contributed by atoms with van der Waals surface area (Å²) >= 11 is 0. The Balaban J connectivity index is 1.95. The molecule has 2 unspecified atom stereocenters. The monoisotopic (exact) mass is 309 g/mol. The van der Waals surface area contributed by atoms with Crippen LogP contribution in [0.4, 0.5) is 4.79 Å². The Labute approximate surface area is 134 Å². The highest BCUT2D eigenvalue weighted by Gasteiger charge is 2.67. The van der Waals surface area contributed by atoms with Gasteiger partial charge in [-0.1, -0.05) is 20.3 Å². The molecule has 3 fully saturated rings. The van der Waals surface area contributed by atoms with Crippen molar-refractivity contribution in [3.05, 3.63) is 0 Å². The van der Waals surface area contributed by atoms with Crippen LogP contribution in [-0.4, -0.2) is 39.4 Å². The maximum atomic E-state index is 13.0. The zero-order valence-electron chi connectivity index (χ0n) is 14.6. The second-order valence-electron chi connectivity index (χ2n) is 8.89. The summed E-state index contributed by atoms with van der Waals surface area (Å²) in [7, 11) is 0. The highest BCUT2D eigenvalue weighted by Crippen LogP contribution is 2.62. The summed E-state index contributed by atoms with van der Waals surface area (Å²) in [6.07, 6.45) is 4.71. The highest BCUT2D eigenvalue weighted by atomic mass is 16.6. The number of hydrogen-bond donors (Lipinski definition) is 1. The first-order valence-electron chi connectivity index (χ1n) is 8.87. The molecule has 4 heteroatoms. The predicted octanol–water partition coefficient (Wildman–Crippen LogP) is 3.57. The van der Waals surface area contributed by atoms with Crippen molar-refractivity contribution < 1.29 is 14.6 Å². The number of rotatable bonds is 1. The molecule has 22 heavy (non-hydrogen) atoms. The molecule has 0 radical (unpaired) electrons. The van der Waals surface area contributed by atoms with Crippen LogP contribution in [0.2, 0.25) is 0 Å². The average Bonchev–Trinajstić information content (AvgIpc) is 2.63. The summed E-state index contributed by atoms with van der Waals surface area (Å²) < 4.78 is 5.75. The van der Waals surface area contributed by atoms with Gasteiger partial charge in [0.15, 0.2) is 0 Å². The molecule has 0 aromatic carbocycles. The topological polar surface area (TPSA) is 49.8 Å². The Morgan fingerprint density at radius 3 is 2.55 bits per heavy atom. The lowest BCUT2D eigenvalue weighted by atomic mass is 9.53. The summed E-state index contributed by atoms with van der Waals surface area (Å²) in [5.41, 5.74) is -0.604. The second kappa shape index (κ2) is 5.12. The van der Waals surface area contributed by atoms with Crippen molar-refractivity contribution in [2.75, 3.05) is 0 Å². The fraction of sp³-hybridized carbons (Fsp3) is 0.944. The summed E-state index contributed by atoms with van der Waals surface area (Å²) in [6, 6.07) is 0.0852. The molecule has 1 spiro atoms. The summed E-state index contributed by atoms with van der Waals surface area (Å²) in [6.45, 7) is 10.1. The van der Waals surface area contributed by atoms with Crippen LogP contribution in [-0.2, 0) is 4.74 Å². The largest absolute Gasteiger partial charge is 0.444 e. The van der Waals surface area contributed by atoms with E-state index < -0.39 is 5.60 Å². The van der Waals surface area contributed by atoms with Gasteiger partial charge in [-0.2, -0.15) is 0 Å². The number of amides is 1. The normalized spacial score (nSPS) is 41.0. The van der Waals surface area contributed by atoms with E-state index in [1.165, 1.54) is 6.42 Å². The van der Waals surface area contributed by atoms with Gasteiger partial charge < -0.3 is 9.84 Å². The Hall–Kier alpha value is -0.770. The van der Waals surface area contributed by atoms with Gasteiger partial charge in [0.1, 0.15) is 5.60 Å². The molecule has 126 valence electrons. The van der Waals surface area contributed by atoms with E-state index in [0.29, 0.717) is 18.3 Å². The van der Waals surface area contributed by atoms with Crippen LogP contribution in [0.3, 0.4) is 0 Å². The fourth-order valence-electron chi connectivity index (χ4n) is 5.24. The lowest BCUT2D eigenvalue weighted by Gasteiger charge is -2.65. The smallest absolute Gasteiger partial charge is 0.411 e. The third-order valence-electron chi connectivity index (χ3n) is 6.10. The number of aliphatic hydroxyl groups excluding tert-OH is 1. The molecule has 3 aliphatic rings. The zero-order valence-corrected chi connectivity index (χ0v) is 14.6. The van der Waals surface area contributed by atoms with Gasteiger partial charge in [-0.3, -0.25) is 4.90 Å². The number of carbonyl (C=O) groups excluding carboxylic acids is 1. The summed E-state index contributed by atoms with van der Waals surface area (Å²) in [5.74, 6) is 1.14. The van der Waals surface area contributed by atoms with E-state index >= 15 is 0 Å². The molecule has 0 aromatic rings. The van der Waals surface area contributed by atoms with Crippen LogP contribution < -0.4 is 0 Å². The Kier molecular flexibility index (Phi) is 3.75. The van der Waals surface area contributed by atoms with Crippen molar-refractivity contribution in [2.24, 2.45) is 17.8 Å². The molecule has 3 rings (SSSR count). The average molecular weight is 309 g/mol. The van der Waals surface area contributed by atoms with Crippen LogP contribution in [0, 0.1) is 17.8 Å². The molecule has 0 aromatic heterocycles. The van der Waals surface area contributed by atoms with E-state index in [-0.39, 0.29) is 29.7 Å². The minimum absolute atomic E-state index is 0.0852. The number of likely N-dealkylation sites (tertiary alicyclic amines) is 1. The zero-order chi connectivity index (χ0) is 16.3. The van der Waals surface area contributed by atoms with Gasteiger partial charge in [0.25, 0.3) is 0 Å². The van der Waals surface area contributed by atoms with Crippen LogP contribution in [0.5, 0.6) is 0 Å². The number of hydrogen-bond acceptors (Lipinski definition) is 3. The van der Waals surface area contributed by atoms with Crippen LogP contribution in [0.1, 0.15) is 66.7 Å². The van der Waals surface area contributed by atoms with E-state index in [1.54, 1.807) is 0 Å². The van der Waals surface area contributed by atoms with E-state index in [4.69, 9.17) is 4.74 Å². The second-order valence-corrected chi connectivity index (χ2v) is 8.89. The van der Waals surface area contributed by atoms with Gasteiger partial charge in [-0.05, 0) is 58.3 Å². The molecule has 4 nitrogen and oxygen atoms in total. The Morgan fingerprint density at radius 2 is 2.00 bits per heavy atom. The van der Waals surface area contributed by atoms with E-state index in [2.05, 4.69) is 18.7 Å². The van der Waals surface area contributed by atoms with Crippen molar-refractivity contribution >= 4 is 6.09 Å². The third-order valence-corrected chi connectivity index (χ3v) is 6.10. The molecule has 2 saturated carbocycles. The number of ether oxygens (including phenoxy) is 1. The highest BCUT2D eigenvalue weighted by molar-refractivity contribution is 5.71. The van der Waals surface area contributed by atoms with Gasteiger partial charge in [0.05, 0.1) is 11.6 Å². The lowest BCUT2D eigenvalue weighted by Crippen LogP contribution is -2.74. The van der Waals surface area contributed by atoms with Crippen molar-refractivity contribution in [1.82, 2.24) is 4.90 Å². The maximum Gasteiger partial charge on any atom is 0.411 e. The standard InChI is InChI=1S/C18H31NO3/c1-11(2)14-10-15(20)13-9-12-7-6-8-18(12,13)19(14)16(21)22-17(3,4)5/h11-15,20H,6-10H2,1-5H3/t12?,13-,14+,15?,18-/m0/s1. The molecule has 2 aliphatic carbocycles. The van der Waals surface area contributed by atoms with E-state index in [1.807, 2.05) is 20.8 Å². The molecular weight excluding hydrogens is 278 g/mol. The van der Waals surface area contributed by atoms with Gasteiger partial charge >= 0.3 is 6.09 Å². The molecule has 5 atom stereocenters. The summed E-state index contributed by atoms with van der Waals surface area (Å²) in [4.78, 5) is 15.1. The fourth-order valence-corrected chi connectivity index (χ4v) is 5.24. The van der Waals surface area contributed by atoms with Gasteiger partial charge in [0, 0.05) is 12.0 Å². The van der Waals surface area contributed by atoms with Crippen molar-refractivity contribution in [3.8, 4) is 0 Å². The molecule has 1 aliphatic heterocycles. The Morgan fingerprint density at radius 1 is 1.32 bits per heavy atom. The minimum atomic E-state index is -0.474. The van der Waals surface area contributed by atoms with Crippen molar-refractivity contribution in [2.45, 2.75) is 90.0 Å². The molecule has 1 amide bonds. The maximum absolute atomic E-state index is 13.0. The van der Waals surface area contributed by atoms with Crippen LogP contribution in [0.15, 0.2) is 0 Å². The number of piperidine rings is 1.